The van der Waals surface area contributed by atoms with Gasteiger partial charge in [0.1, 0.15) is 0 Å². The standard InChI is InChI=1S/C19H30O5/c1-3-17-16(10-22-14-19(4-2,12-20)13-21)11-23-18(24-17)15-8-6-5-7-9-15/h5-9,16-18,20-21H,3-4,10-14H2,1-2H3. The van der Waals surface area contributed by atoms with Gasteiger partial charge in [-0.15, -0.1) is 0 Å². The van der Waals surface area contributed by atoms with E-state index in [1.807, 2.05) is 37.3 Å². The summed E-state index contributed by atoms with van der Waals surface area (Å²) in [6, 6.07) is 9.94. The van der Waals surface area contributed by atoms with Gasteiger partial charge in [0.15, 0.2) is 6.29 Å². The first kappa shape index (κ1) is 19.3. The summed E-state index contributed by atoms with van der Waals surface area (Å²) in [4.78, 5) is 0. The fourth-order valence-corrected chi connectivity index (χ4v) is 2.89. The Kier molecular flexibility index (Phi) is 7.65. The predicted octanol–water partition coefficient (Wildman–Crippen LogP) is 2.52. The van der Waals surface area contributed by atoms with E-state index in [1.165, 1.54) is 0 Å². The topological polar surface area (TPSA) is 68.2 Å². The van der Waals surface area contributed by atoms with E-state index in [0.717, 1.165) is 12.0 Å². The molecule has 0 aromatic heterocycles. The molecule has 3 unspecified atom stereocenters. The van der Waals surface area contributed by atoms with Crippen molar-refractivity contribution in [1.82, 2.24) is 0 Å². The Morgan fingerprint density at radius 3 is 2.46 bits per heavy atom. The monoisotopic (exact) mass is 338 g/mol. The maximum atomic E-state index is 9.48. The van der Waals surface area contributed by atoms with Crippen LogP contribution in [0.25, 0.3) is 0 Å². The molecule has 0 amide bonds. The van der Waals surface area contributed by atoms with Crippen LogP contribution in [0, 0.1) is 11.3 Å². The lowest BCUT2D eigenvalue weighted by Crippen LogP contribution is -2.40. The number of rotatable bonds is 9. The van der Waals surface area contributed by atoms with Gasteiger partial charge in [0.25, 0.3) is 0 Å². The van der Waals surface area contributed by atoms with Crippen LogP contribution in [0.1, 0.15) is 38.5 Å². The largest absolute Gasteiger partial charge is 0.396 e. The van der Waals surface area contributed by atoms with Crippen molar-refractivity contribution < 1.29 is 24.4 Å². The van der Waals surface area contributed by atoms with Gasteiger partial charge in [-0.05, 0) is 12.8 Å². The van der Waals surface area contributed by atoms with Crippen molar-refractivity contribution in [3.63, 3.8) is 0 Å². The van der Waals surface area contributed by atoms with Gasteiger partial charge < -0.3 is 24.4 Å². The summed E-state index contributed by atoms with van der Waals surface area (Å²) in [6.07, 6.45) is 1.31. The first-order valence-electron chi connectivity index (χ1n) is 8.79. The van der Waals surface area contributed by atoms with E-state index in [-0.39, 0.29) is 31.5 Å². The Morgan fingerprint density at radius 1 is 1.17 bits per heavy atom. The Balaban J connectivity index is 1.86. The third-order valence-corrected chi connectivity index (χ3v) is 4.92. The van der Waals surface area contributed by atoms with Gasteiger partial charge in [-0.25, -0.2) is 0 Å². The molecule has 0 aliphatic carbocycles. The van der Waals surface area contributed by atoms with Crippen molar-refractivity contribution >= 4 is 0 Å². The molecule has 1 saturated heterocycles. The second-order valence-electron chi connectivity index (χ2n) is 6.60. The highest BCUT2D eigenvalue weighted by Gasteiger charge is 2.33. The van der Waals surface area contributed by atoms with Crippen molar-refractivity contribution in [1.29, 1.82) is 0 Å². The third kappa shape index (κ3) is 4.77. The van der Waals surface area contributed by atoms with Crippen molar-refractivity contribution in [2.45, 2.75) is 39.1 Å². The van der Waals surface area contributed by atoms with E-state index >= 15 is 0 Å². The SMILES string of the molecule is CCC1OC(c2ccccc2)OCC1COCC(CC)(CO)CO. The first-order chi connectivity index (χ1) is 11.7. The molecule has 0 spiro atoms. The maximum absolute atomic E-state index is 9.48. The quantitative estimate of drug-likeness (QED) is 0.724. The molecule has 0 bridgehead atoms. The van der Waals surface area contributed by atoms with E-state index in [4.69, 9.17) is 14.2 Å². The van der Waals surface area contributed by atoms with Crippen LogP contribution < -0.4 is 0 Å². The minimum Gasteiger partial charge on any atom is -0.396 e. The number of benzene rings is 1. The zero-order valence-corrected chi connectivity index (χ0v) is 14.7. The first-order valence-corrected chi connectivity index (χ1v) is 8.79. The zero-order valence-electron chi connectivity index (χ0n) is 14.7. The van der Waals surface area contributed by atoms with Crippen LogP contribution in [0.4, 0.5) is 0 Å². The zero-order chi connectivity index (χ0) is 17.4. The van der Waals surface area contributed by atoms with Crippen molar-refractivity contribution in [3.8, 4) is 0 Å². The van der Waals surface area contributed by atoms with Crippen LogP contribution in [-0.4, -0.2) is 49.4 Å². The lowest BCUT2D eigenvalue weighted by Gasteiger charge is -2.37. The third-order valence-electron chi connectivity index (χ3n) is 4.92. The van der Waals surface area contributed by atoms with Crippen LogP contribution in [0.2, 0.25) is 0 Å². The molecule has 0 radical (unpaired) electrons. The van der Waals surface area contributed by atoms with Crippen LogP contribution >= 0.6 is 0 Å². The van der Waals surface area contributed by atoms with Gasteiger partial charge in [-0.2, -0.15) is 0 Å². The summed E-state index contributed by atoms with van der Waals surface area (Å²) in [5.74, 6) is 0.155. The molecule has 1 heterocycles. The minimum absolute atomic E-state index is 0.0724. The Morgan fingerprint density at radius 2 is 1.88 bits per heavy atom. The van der Waals surface area contributed by atoms with Crippen molar-refractivity contribution in [2.75, 3.05) is 33.0 Å². The molecule has 24 heavy (non-hydrogen) atoms. The van der Waals surface area contributed by atoms with Crippen molar-refractivity contribution in [3.05, 3.63) is 35.9 Å². The summed E-state index contributed by atoms with van der Waals surface area (Å²) < 4.78 is 17.8. The second-order valence-corrected chi connectivity index (χ2v) is 6.60. The normalized spacial score (nSPS) is 24.9. The Hall–Kier alpha value is -0.980. The van der Waals surface area contributed by atoms with Gasteiger partial charge in [-0.3, -0.25) is 0 Å². The van der Waals surface area contributed by atoms with Gasteiger partial charge in [0.05, 0.1) is 39.1 Å². The highest BCUT2D eigenvalue weighted by molar-refractivity contribution is 5.16. The molecule has 1 aromatic rings. The van der Waals surface area contributed by atoms with E-state index in [9.17, 15) is 10.2 Å². The molecular formula is C19H30O5. The molecule has 0 saturated carbocycles. The van der Waals surface area contributed by atoms with Crippen LogP contribution in [-0.2, 0) is 14.2 Å². The van der Waals surface area contributed by atoms with E-state index < -0.39 is 5.41 Å². The van der Waals surface area contributed by atoms with Crippen LogP contribution in [0.3, 0.4) is 0 Å². The van der Waals surface area contributed by atoms with Gasteiger partial charge in [0, 0.05) is 16.9 Å². The van der Waals surface area contributed by atoms with Gasteiger partial charge in [0.2, 0.25) is 0 Å². The van der Waals surface area contributed by atoms with E-state index in [1.54, 1.807) is 0 Å². The molecule has 1 aromatic carbocycles. The second kappa shape index (κ2) is 9.49. The van der Waals surface area contributed by atoms with E-state index in [2.05, 4.69) is 6.92 Å². The fourth-order valence-electron chi connectivity index (χ4n) is 2.89. The highest BCUT2D eigenvalue weighted by atomic mass is 16.7. The number of aliphatic hydroxyl groups excluding tert-OH is 2. The minimum atomic E-state index is -0.565. The Labute approximate surface area is 144 Å². The molecule has 5 heteroatoms. The molecule has 1 aliphatic heterocycles. The van der Waals surface area contributed by atoms with Crippen LogP contribution in [0.15, 0.2) is 30.3 Å². The number of ether oxygens (including phenoxy) is 3. The van der Waals surface area contributed by atoms with Crippen molar-refractivity contribution in [2.24, 2.45) is 11.3 Å². The summed E-state index contributed by atoms with van der Waals surface area (Å²) in [7, 11) is 0. The molecular weight excluding hydrogens is 308 g/mol. The lowest BCUT2D eigenvalue weighted by atomic mass is 9.88. The number of aliphatic hydroxyl groups is 2. The van der Waals surface area contributed by atoms with Gasteiger partial charge >= 0.3 is 0 Å². The molecule has 136 valence electrons. The molecule has 5 nitrogen and oxygen atoms in total. The molecule has 1 aliphatic rings. The summed E-state index contributed by atoms with van der Waals surface area (Å²) in [6.45, 7) is 5.31. The number of hydrogen-bond acceptors (Lipinski definition) is 5. The summed E-state index contributed by atoms with van der Waals surface area (Å²) in [5.41, 5.74) is 0.464. The summed E-state index contributed by atoms with van der Waals surface area (Å²) in [5, 5.41) is 19.0. The smallest absolute Gasteiger partial charge is 0.184 e. The van der Waals surface area contributed by atoms with Gasteiger partial charge in [-0.1, -0.05) is 44.2 Å². The average Bonchev–Trinajstić information content (AvgIpc) is 2.66. The molecule has 2 rings (SSSR count). The molecule has 2 N–H and O–H groups in total. The highest BCUT2D eigenvalue weighted by Crippen LogP contribution is 2.31. The average molecular weight is 338 g/mol. The summed E-state index contributed by atoms with van der Waals surface area (Å²) >= 11 is 0. The predicted molar refractivity (Wildman–Crippen MR) is 91.5 cm³/mol. The Bertz CT molecular complexity index is 452. The number of hydrogen-bond donors (Lipinski definition) is 2. The molecule has 1 fully saturated rings. The fraction of sp³-hybridized carbons (Fsp3) is 0.684. The maximum Gasteiger partial charge on any atom is 0.184 e. The van der Waals surface area contributed by atoms with E-state index in [0.29, 0.717) is 26.2 Å². The lowest BCUT2D eigenvalue weighted by molar-refractivity contribution is -0.249. The van der Waals surface area contributed by atoms with Crippen LogP contribution in [0.5, 0.6) is 0 Å². The molecule has 3 atom stereocenters.